The monoisotopic (exact) mass is 282 g/mol. The third kappa shape index (κ3) is 2.72. The second kappa shape index (κ2) is 5.52. The molecule has 0 fully saturated rings. The SMILES string of the molecule is CC(C)N1Cc2nc(NCc3cccnc3)ccc2C1=O. The maximum Gasteiger partial charge on any atom is 0.256 e. The summed E-state index contributed by atoms with van der Waals surface area (Å²) in [6, 6.07) is 7.83. The fourth-order valence-corrected chi connectivity index (χ4v) is 2.42. The standard InChI is InChI=1S/C16H18N4O/c1-11(2)20-10-14-13(16(20)21)5-6-15(19-14)18-9-12-4-3-7-17-8-12/h3-8,11H,9-10H2,1-2H3,(H,18,19). The summed E-state index contributed by atoms with van der Waals surface area (Å²) in [5, 5.41) is 3.27. The molecule has 1 N–H and O–H groups in total. The van der Waals surface area contributed by atoms with Gasteiger partial charge in [-0.2, -0.15) is 0 Å². The van der Waals surface area contributed by atoms with Gasteiger partial charge in [0.2, 0.25) is 0 Å². The lowest BCUT2D eigenvalue weighted by atomic mass is 10.2. The summed E-state index contributed by atoms with van der Waals surface area (Å²) >= 11 is 0. The molecule has 0 saturated carbocycles. The first-order valence-electron chi connectivity index (χ1n) is 7.09. The van der Waals surface area contributed by atoms with E-state index in [-0.39, 0.29) is 11.9 Å². The van der Waals surface area contributed by atoms with Crippen molar-refractivity contribution in [2.24, 2.45) is 0 Å². The molecular formula is C16H18N4O. The summed E-state index contributed by atoms with van der Waals surface area (Å²) in [6.45, 7) is 5.30. The van der Waals surface area contributed by atoms with Gasteiger partial charge in [-0.15, -0.1) is 0 Å². The summed E-state index contributed by atoms with van der Waals surface area (Å²) in [5.74, 6) is 0.863. The molecule has 0 saturated heterocycles. The molecule has 3 heterocycles. The maximum atomic E-state index is 12.2. The van der Waals surface area contributed by atoms with Crippen LogP contribution in [0.15, 0.2) is 36.7 Å². The zero-order valence-electron chi connectivity index (χ0n) is 12.2. The Morgan fingerprint density at radius 2 is 2.19 bits per heavy atom. The molecule has 1 amide bonds. The van der Waals surface area contributed by atoms with Gasteiger partial charge >= 0.3 is 0 Å². The van der Waals surface area contributed by atoms with Crippen molar-refractivity contribution in [2.75, 3.05) is 5.32 Å². The molecule has 3 rings (SSSR count). The summed E-state index contributed by atoms with van der Waals surface area (Å²) in [6.07, 6.45) is 3.58. The van der Waals surface area contributed by atoms with E-state index in [1.807, 2.05) is 49.2 Å². The van der Waals surface area contributed by atoms with Gasteiger partial charge in [-0.3, -0.25) is 9.78 Å². The fourth-order valence-electron chi connectivity index (χ4n) is 2.42. The van der Waals surface area contributed by atoms with Gasteiger partial charge in [-0.1, -0.05) is 6.07 Å². The number of nitrogens with zero attached hydrogens (tertiary/aromatic N) is 3. The second-order valence-corrected chi connectivity index (χ2v) is 5.43. The molecule has 0 aliphatic carbocycles. The lowest BCUT2D eigenvalue weighted by molar-refractivity contribution is 0.0730. The van der Waals surface area contributed by atoms with Crippen LogP contribution < -0.4 is 5.32 Å². The lowest BCUT2D eigenvalue weighted by Crippen LogP contribution is -2.30. The van der Waals surface area contributed by atoms with Crippen LogP contribution in [0.2, 0.25) is 0 Å². The van der Waals surface area contributed by atoms with Crippen molar-refractivity contribution in [3.8, 4) is 0 Å². The van der Waals surface area contributed by atoms with Crippen molar-refractivity contribution >= 4 is 11.7 Å². The van der Waals surface area contributed by atoms with E-state index in [4.69, 9.17) is 0 Å². The van der Waals surface area contributed by atoms with Gasteiger partial charge in [0.1, 0.15) is 5.82 Å². The van der Waals surface area contributed by atoms with Crippen LogP contribution in [0.1, 0.15) is 35.5 Å². The summed E-state index contributed by atoms with van der Waals surface area (Å²) < 4.78 is 0. The predicted molar refractivity (Wildman–Crippen MR) is 80.8 cm³/mol. The van der Waals surface area contributed by atoms with E-state index in [9.17, 15) is 4.79 Å². The van der Waals surface area contributed by atoms with Gasteiger partial charge in [-0.05, 0) is 37.6 Å². The highest BCUT2D eigenvalue weighted by Gasteiger charge is 2.30. The Morgan fingerprint density at radius 3 is 2.90 bits per heavy atom. The smallest absolute Gasteiger partial charge is 0.256 e. The number of fused-ring (bicyclic) bond motifs is 1. The Morgan fingerprint density at radius 1 is 1.33 bits per heavy atom. The molecule has 5 nitrogen and oxygen atoms in total. The van der Waals surface area contributed by atoms with Gasteiger partial charge in [0.15, 0.2) is 0 Å². The first-order valence-corrected chi connectivity index (χ1v) is 7.09. The van der Waals surface area contributed by atoms with E-state index in [1.54, 1.807) is 6.20 Å². The van der Waals surface area contributed by atoms with E-state index in [2.05, 4.69) is 15.3 Å². The normalized spacial score (nSPS) is 13.7. The van der Waals surface area contributed by atoms with Crippen LogP contribution in [-0.4, -0.2) is 26.8 Å². The highest BCUT2D eigenvalue weighted by atomic mass is 16.2. The average Bonchev–Trinajstić information content (AvgIpc) is 2.83. The average molecular weight is 282 g/mol. The van der Waals surface area contributed by atoms with Crippen molar-refractivity contribution in [3.05, 3.63) is 53.5 Å². The first kappa shape index (κ1) is 13.5. The van der Waals surface area contributed by atoms with Crippen molar-refractivity contribution in [1.82, 2.24) is 14.9 Å². The zero-order valence-corrected chi connectivity index (χ0v) is 12.2. The highest BCUT2D eigenvalue weighted by Crippen LogP contribution is 2.24. The van der Waals surface area contributed by atoms with Crippen LogP contribution in [0, 0.1) is 0 Å². The number of amides is 1. The molecule has 0 unspecified atom stereocenters. The molecule has 2 aromatic rings. The van der Waals surface area contributed by atoms with E-state index in [0.29, 0.717) is 13.1 Å². The number of carbonyl (C=O) groups excluding carboxylic acids is 1. The van der Waals surface area contributed by atoms with Gasteiger partial charge in [0, 0.05) is 25.0 Å². The van der Waals surface area contributed by atoms with E-state index < -0.39 is 0 Å². The molecule has 108 valence electrons. The van der Waals surface area contributed by atoms with Gasteiger partial charge in [-0.25, -0.2) is 4.98 Å². The zero-order chi connectivity index (χ0) is 14.8. The molecule has 0 bridgehead atoms. The largest absolute Gasteiger partial charge is 0.366 e. The third-order valence-electron chi connectivity index (χ3n) is 3.61. The molecule has 0 radical (unpaired) electrons. The maximum absolute atomic E-state index is 12.2. The van der Waals surface area contributed by atoms with Crippen LogP contribution in [0.5, 0.6) is 0 Å². The molecule has 0 atom stereocenters. The van der Waals surface area contributed by atoms with E-state index in [0.717, 1.165) is 22.6 Å². The number of pyridine rings is 2. The van der Waals surface area contributed by atoms with Crippen LogP contribution in [0.25, 0.3) is 0 Å². The van der Waals surface area contributed by atoms with Gasteiger partial charge < -0.3 is 10.2 Å². The molecular weight excluding hydrogens is 264 g/mol. The Balaban J connectivity index is 1.73. The minimum atomic E-state index is 0.0753. The van der Waals surface area contributed by atoms with E-state index >= 15 is 0 Å². The van der Waals surface area contributed by atoms with Gasteiger partial charge in [0.05, 0.1) is 17.8 Å². The number of hydrogen-bond donors (Lipinski definition) is 1. The van der Waals surface area contributed by atoms with Crippen molar-refractivity contribution in [3.63, 3.8) is 0 Å². The predicted octanol–water partition coefficient (Wildman–Crippen LogP) is 2.45. The third-order valence-corrected chi connectivity index (χ3v) is 3.61. The number of carbonyl (C=O) groups is 1. The Kier molecular flexibility index (Phi) is 3.56. The highest BCUT2D eigenvalue weighted by molar-refractivity contribution is 5.98. The number of aromatic nitrogens is 2. The molecule has 2 aromatic heterocycles. The number of nitrogens with one attached hydrogen (secondary N) is 1. The minimum Gasteiger partial charge on any atom is -0.366 e. The summed E-state index contributed by atoms with van der Waals surface area (Å²) in [7, 11) is 0. The van der Waals surface area contributed by atoms with Crippen molar-refractivity contribution < 1.29 is 4.79 Å². The lowest BCUT2D eigenvalue weighted by Gasteiger charge is -2.19. The Bertz CT molecular complexity index is 655. The molecule has 0 aromatic carbocycles. The summed E-state index contributed by atoms with van der Waals surface area (Å²) in [4.78, 5) is 22.7. The van der Waals surface area contributed by atoms with Crippen LogP contribution >= 0.6 is 0 Å². The Hall–Kier alpha value is -2.43. The topological polar surface area (TPSA) is 58.1 Å². The molecule has 1 aliphatic heterocycles. The van der Waals surface area contributed by atoms with E-state index in [1.165, 1.54) is 0 Å². The minimum absolute atomic E-state index is 0.0753. The molecule has 1 aliphatic rings. The molecule has 0 spiro atoms. The Labute approximate surface area is 124 Å². The first-order chi connectivity index (χ1) is 10.1. The van der Waals surface area contributed by atoms with Crippen molar-refractivity contribution in [1.29, 1.82) is 0 Å². The van der Waals surface area contributed by atoms with Crippen molar-refractivity contribution in [2.45, 2.75) is 33.0 Å². The second-order valence-electron chi connectivity index (χ2n) is 5.43. The molecule has 21 heavy (non-hydrogen) atoms. The number of hydrogen-bond acceptors (Lipinski definition) is 4. The van der Waals surface area contributed by atoms with Gasteiger partial charge in [0.25, 0.3) is 5.91 Å². The van der Waals surface area contributed by atoms with Crippen LogP contribution in [0.4, 0.5) is 5.82 Å². The quantitative estimate of drug-likeness (QED) is 0.936. The fraction of sp³-hybridized carbons (Fsp3) is 0.312. The number of rotatable bonds is 4. The number of anilines is 1. The summed E-state index contributed by atoms with van der Waals surface area (Å²) in [5.41, 5.74) is 2.67. The molecule has 5 heteroatoms. The van der Waals surface area contributed by atoms with Crippen LogP contribution in [0.3, 0.4) is 0 Å². The van der Waals surface area contributed by atoms with Crippen LogP contribution in [-0.2, 0) is 13.1 Å².